The molecule has 0 radical (unpaired) electrons. The number of anilines is 1. The largest absolute Gasteiger partial charge is 0.497 e. The van der Waals surface area contributed by atoms with E-state index in [-0.39, 0.29) is 0 Å². The van der Waals surface area contributed by atoms with Crippen LogP contribution in [0.3, 0.4) is 0 Å². The Morgan fingerprint density at radius 1 is 1.00 bits per heavy atom. The Bertz CT molecular complexity index is 909. The minimum absolute atomic E-state index is 0.352. The number of fused-ring (bicyclic) bond motifs is 1. The van der Waals surface area contributed by atoms with E-state index < -0.39 is 0 Å². The Hall–Kier alpha value is -2.88. The molecule has 2 heterocycles. The fourth-order valence-electron chi connectivity index (χ4n) is 3.33. The summed E-state index contributed by atoms with van der Waals surface area (Å²) in [4.78, 5) is 18.7. The minimum Gasteiger partial charge on any atom is -0.497 e. The number of rotatable bonds is 3. The first-order chi connectivity index (χ1) is 12.2. The maximum Gasteiger partial charge on any atom is 0.136 e. The monoisotopic (exact) mass is 332 g/mol. The van der Waals surface area contributed by atoms with Gasteiger partial charge in [-0.3, -0.25) is 4.79 Å². The summed E-state index contributed by atoms with van der Waals surface area (Å²) in [5.41, 5.74) is 4.13. The zero-order chi connectivity index (χ0) is 17.2. The van der Waals surface area contributed by atoms with Crippen LogP contribution in [0.15, 0.2) is 54.6 Å². The average Bonchev–Trinajstić information content (AvgIpc) is 2.68. The van der Waals surface area contributed by atoms with Crippen molar-refractivity contribution in [2.45, 2.75) is 12.8 Å². The second kappa shape index (κ2) is 6.55. The predicted octanol–water partition coefficient (Wildman–Crippen LogP) is 4.08. The molecule has 1 aromatic heterocycles. The van der Waals surface area contributed by atoms with Gasteiger partial charge in [0.2, 0.25) is 0 Å². The number of carbonyl (C=O) groups excluding carboxylic acids is 1. The van der Waals surface area contributed by atoms with Crippen molar-refractivity contribution in [3.8, 4) is 17.0 Å². The van der Waals surface area contributed by atoms with Crippen molar-refractivity contribution in [2.75, 3.05) is 25.1 Å². The van der Waals surface area contributed by atoms with Crippen LogP contribution in [0.25, 0.3) is 22.2 Å². The maximum atomic E-state index is 11.6. The predicted molar refractivity (Wildman–Crippen MR) is 100 cm³/mol. The van der Waals surface area contributed by atoms with E-state index >= 15 is 0 Å². The number of benzene rings is 2. The van der Waals surface area contributed by atoms with Gasteiger partial charge in [0, 0.05) is 42.6 Å². The van der Waals surface area contributed by atoms with Crippen LogP contribution in [-0.4, -0.2) is 31.0 Å². The third kappa shape index (κ3) is 3.07. The molecule has 0 N–H and O–H groups in total. The lowest BCUT2D eigenvalue weighted by molar-refractivity contribution is -0.119. The third-order valence-electron chi connectivity index (χ3n) is 4.74. The van der Waals surface area contributed by atoms with Gasteiger partial charge < -0.3 is 9.64 Å². The van der Waals surface area contributed by atoms with Crippen LogP contribution in [0, 0.1) is 0 Å². The van der Waals surface area contributed by atoms with E-state index in [0.717, 1.165) is 46.7 Å². The van der Waals surface area contributed by atoms with Crippen molar-refractivity contribution in [2.24, 2.45) is 0 Å². The molecule has 0 bridgehead atoms. The molecule has 0 saturated carbocycles. The highest BCUT2D eigenvalue weighted by atomic mass is 16.5. The molecule has 4 rings (SSSR count). The number of ether oxygens (including phenoxy) is 1. The van der Waals surface area contributed by atoms with Gasteiger partial charge >= 0.3 is 0 Å². The number of carbonyl (C=O) groups is 1. The highest BCUT2D eigenvalue weighted by molar-refractivity contribution is 5.95. The molecule has 25 heavy (non-hydrogen) atoms. The summed E-state index contributed by atoms with van der Waals surface area (Å²) in [6.45, 7) is 1.55. The molecular formula is C21H20N2O2. The summed E-state index contributed by atoms with van der Waals surface area (Å²) in [5.74, 6) is 1.18. The number of piperidine rings is 1. The number of hydrogen-bond acceptors (Lipinski definition) is 4. The van der Waals surface area contributed by atoms with Crippen LogP contribution in [-0.2, 0) is 4.79 Å². The molecule has 126 valence electrons. The number of nitrogens with zero attached hydrogens (tertiary/aromatic N) is 2. The fourth-order valence-corrected chi connectivity index (χ4v) is 3.33. The Morgan fingerprint density at radius 3 is 2.44 bits per heavy atom. The van der Waals surface area contributed by atoms with E-state index in [9.17, 15) is 4.79 Å². The second-order valence-corrected chi connectivity index (χ2v) is 6.30. The molecule has 0 amide bonds. The maximum absolute atomic E-state index is 11.6. The first kappa shape index (κ1) is 15.6. The Labute approximate surface area is 147 Å². The summed E-state index contributed by atoms with van der Waals surface area (Å²) < 4.78 is 5.24. The number of aromatic nitrogens is 1. The lowest BCUT2D eigenvalue weighted by Gasteiger charge is -2.29. The smallest absolute Gasteiger partial charge is 0.136 e. The average molecular weight is 332 g/mol. The standard InChI is InChI=1S/C21H20N2O2/c1-25-17-8-6-15(7-9-17)20-14-21(23-12-10-16(24)11-13-23)18-4-2-3-5-19(18)22-20/h2-9,14H,10-13H2,1H3. The summed E-state index contributed by atoms with van der Waals surface area (Å²) in [7, 11) is 1.67. The molecule has 4 heteroatoms. The highest BCUT2D eigenvalue weighted by Gasteiger charge is 2.19. The van der Waals surface area contributed by atoms with E-state index in [0.29, 0.717) is 18.6 Å². The van der Waals surface area contributed by atoms with Gasteiger partial charge in [-0.05, 0) is 36.4 Å². The molecule has 1 saturated heterocycles. The van der Waals surface area contributed by atoms with Crippen molar-refractivity contribution in [1.29, 1.82) is 0 Å². The molecule has 1 fully saturated rings. The van der Waals surface area contributed by atoms with Crippen LogP contribution < -0.4 is 9.64 Å². The van der Waals surface area contributed by atoms with Gasteiger partial charge in [0.1, 0.15) is 11.5 Å². The number of ketones is 1. The summed E-state index contributed by atoms with van der Waals surface area (Å²) >= 11 is 0. The summed E-state index contributed by atoms with van der Waals surface area (Å²) in [5, 5.41) is 1.13. The van der Waals surface area contributed by atoms with Crippen molar-refractivity contribution in [1.82, 2.24) is 4.98 Å². The van der Waals surface area contributed by atoms with Crippen LogP contribution in [0.5, 0.6) is 5.75 Å². The molecule has 0 spiro atoms. The van der Waals surface area contributed by atoms with Crippen molar-refractivity contribution in [3.05, 3.63) is 54.6 Å². The number of para-hydroxylation sites is 1. The van der Waals surface area contributed by atoms with Gasteiger partial charge in [0.25, 0.3) is 0 Å². The van der Waals surface area contributed by atoms with Gasteiger partial charge in [-0.1, -0.05) is 18.2 Å². The lowest BCUT2D eigenvalue weighted by atomic mass is 10.0. The lowest BCUT2D eigenvalue weighted by Crippen LogP contribution is -2.33. The van der Waals surface area contributed by atoms with Crippen LogP contribution in [0.1, 0.15) is 12.8 Å². The van der Waals surface area contributed by atoms with E-state index in [1.165, 1.54) is 0 Å². The Balaban J connectivity index is 1.81. The molecule has 3 aromatic rings. The topological polar surface area (TPSA) is 42.4 Å². The van der Waals surface area contributed by atoms with Gasteiger partial charge in [0.05, 0.1) is 18.3 Å². The number of pyridine rings is 1. The molecule has 1 aliphatic rings. The van der Waals surface area contributed by atoms with Gasteiger partial charge in [-0.2, -0.15) is 0 Å². The molecule has 1 aliphatic heterocycles. The van der Waals surface area contributed by atoms with Gasteiger partial charge in [-0.25, -0.2) is 4.98 Å². The Morgan fingerprint density at radius 2 is 1.72 bits per heavy atom. The Kier molecular flexibility index (Phi) is 4.10. The zero-order valence-electron chi connectivity index (χ0n) is 14.2. The van der Waals surface area contributed by atoms with Crippen molar-refractivity contribution in [3.63, 3.8) is 0 Å². The van der Waals surface area contributed by atoms with Crippen LogP contribution in [0.4, 0.5) is 5.69 Å². The number of hydrogen-bond donors (Lipinski definition) is 0. The quantitative estimate of drug-likeness (QED) is 0.725. The van der Waals surface area contributed by atoms with Crippen molar-refractivity contribution >= 4 is 22.4 Å². The van der Waals surface area contributed by atoms with E-state index in [2.05, 4.69) is 17.0 Å². The van der Waals surface area contributed by atoms with Crippen LogP contribution in [0.2, 0.25) is 0 Å². The van der Waals surface area contributed by atoms with Crippen LogP contribution >= 0.6 is 0 Å². The molecule has 4 nitrogen and oxygen atoms in total. The number of methoxy groups -OCH3 is 1. The van der Waals surface area contributed by atoms with E-state index in [1.54, 1.807) is 7.11 Å². The molecular weight excluding hydrogens is 312 g/mol. The second-order valence-electron chi connectivity index (χ2n) is 6.30. The summed E-state index contributed by atoms with van der Waals surface area (Å²) in [6, 6.07) is 18.3. The van der Waals surface area contributed by atoms with Gasteiger partial charge in [-0.15, -0.1) is 0 Å². The molecule has 0 unspecified atom stereocenters. The third-order valence-corrected chi connectivity index (χ3v) is 4.74. The zero-order valence-corrected chi connectivity index (χ0v) is 14.2. The molecule has 0 atom stereocenters. The first-order valence-electron chi connectivity index (χ1n) is 8.55. The van der Waals surface area contributed by atoms with Crippen molar-refractivity contribution < 1.29 is 9.53 Å². The highest BCUT2D eigenvalue weighted by Crippen LogP contribution is 2.32. The normalized spacial score (nSPS) is 14.8. The van der Waals surface area contributed by atoms with E-state index in [4.69, 9.17) is 9.72 Å². The molecule has 0 aliphatic carbocycles. The SMILES string of the molecule is COc1ccc(-c2cc(N3CCC(=O)CC3)c3ccccc3n2)cc1. The fraction of sp³-hybridized carbons (Fsp3) is 0.238. The molecule has 2 aromatic carbocycles. The number of Topliss-reactive ketones (excluding diaryl/α,β-unsaturated/α-hetero) is 1. The van der Waals surface area contributed by atoms with E-state index in [1.807, 2.05) is 42.5 Å². The van der Waals surface area contributed by atoms with Gasteiger partial charge in [0.15, 0.2) is 0 Å². The summed E-state index contributed by atoms with van der Waals surface area (Å²) in [6.07, 6.45) is 1.24. The first-order valence-corrected chi connectivity index (χ1v) is 8.55. The minimum atomic E-state index is 0.352.